The highest BCUT2D eigenvalue weighted by atomic mass is 16.5. The highest BCUT2D eigenvalue weighted by molar-refractivity contribution is 6.04. The molecule has 11 nitrogen and oxygen atoms in total. The molecule has 0 saturated carbocycles. The molecular formula is C34H37N5O6. The van der Waals surface area contributed by atoms with Crippen LogP contribution in [0.2, 0.25) is 0 Å². The van der Waals surface area contributed by atoms with E-state index in [2.05, 4.69) is 23.6 Å². The molecule has 0 bridgehead atoms. The molecule has 2 aliphatic rings. The molecule has 4 aromatic rings. The number of aliphatic hydroxyl groups excluding tert-OH is 1. The number of methoxy groups -OCH3 is 1. The molecule has 0 radical (unpaired) electrons. The molecule has 1 fully saturated rings. The maximum absolute atomic E-state index is 13.2. The molecule has 3 N–H and O–H groups in total. The van der Waals surface area contributed by atoms with E-state index in [0.717, 1.165) is 62.0 Å². The van der Waals surface area contributed by atoms with E-state index >= 15 is 0 Å². The van der Waals surface area contributed by atoms with E-state index in [4.69, 9.17) is 14.5 Å². The molecular weight excluding hydrogens is 574 g/mol. The van der Waals surface area contributed by atoms with Crippen LogP contribution in [0.1, 0.15) is 45.1 Å². The first-order chi connectivity index (χ1) is 21.6. The zero-order valence-corrected chi connectivity index (χ0v) is 26.0. The number of anilines is 1. The Hall–Kier alpha value is -4.58. The van der Waals surface area contributed by atoms with Crippen molar-refractivity contribution in [3.8, 4) is 28.3 Å². The van der Waals surface area contributed by atoms with Gasteiger partial charge in [0.05, 0.1) is 38.2 Å². The van der Waals surface area contributed by atoms with Crippen molar-refractivity contribution < 1.29 is 19.4 Å². The number of amides is 1. The zero-order valence-electron chi connectivity index (χ0n) is 26.0. The fraction of sp³-hybridized carbons (Fsp3) is 0.353. The molecule has 2 aromatic heterocycles. The van der Waals surface area contributed by atoms with E-state index in [1.807, 2.05) is 37.3 Å². The Kier molecular flexibility index (Phi) is 8.17. The summed E-state index contributed by atoms with van der Waals surface area (Å²) < 4.78 is 13.4. The second-order valence-electron chi connectivity index (χ2n) is 11.8. The number of nitrogens with one attached hydrogen (secondary N) is 2. The number of hydrogen-bond donors (Lipinski definition) is 3. The Labute approximate surface area is 260 Å². The standard InChI is InChI=1S/C34H37N5O6/c1-18-21(22-9-7-11-25(19(22)2)36-31(41)24-15-38(3)34(43)39(4)33(24)42)8-6-10-23(18)27-14-20-12-13-26(30(20)32(37-27)44-5)35-28-16-45-17-29(28)40/h6-11,14-15,26,28-29,35,40H,12-13,16-17H2,1-5H3,(H,36,41)/t26-,28+,29-/m0/s1. The quantitative estimate of drug-likeness (QED) is 0.290. The highest BCUT2D eigenvalue weighted by Crippen LogP contribution is 2.41. The number of ether oxygens (including phenoxy) is 2. The van der Waals surface area contributed by atoms with Crippen molar-refractivity contribution in [2.75, 3.05) is 25.6 Å². The number of pyridine rings is 1. The van der Waals surface area contributed by atoms with E-state index in [1.54, 1.807) is 13.2 Å². The second-order valence-corrected chi connectivity index (χ2v) is 11.8. The molecule has 1 aliphatic carbocycles. The summed E-state index contributed by atoms with van der Waals surface area (Å²) in [7, 11) is 4.48. The molecule has 2 aromatic carbocycles. The third kappa shape index (κ3) is 5.47. The Morgan fingerprint density at radius 3 is 2.47 bits per heavy atom. The first-order valence-corrected chi connectivity index (χ1v) is 15.0. The van der Waals surface area contributed by atoms with Crippen LogP contribution in [0, 0.1) is 13.8 Å². The van der Waals surface area contributed by atoms with Gasteiger partial charge in [-0.3, -0.25) is 14.2 Å². The first kappa shape index (κ1) is 30.4. The van der Waals surface area contributed by atoms with Crippen LogP contribution >= 0.6 is 0 Å². The summed E-state index contributed by atoms with van der Waals surface area (Å²) in [5.41, 5.74) is 7.01. The van der Waals surface area contributed by atoms with E-state index in [9.17, 15) is 19.5 Å². The molecule has 0 spiro atoms. The van der Waals surface area contributed by atoms with Crippen molar-refractivity contribution in [3.05, 3.63) is 97.3 Å². The molecule has 0 unspecified atom stereocenters. The monoisotopic (exact) mass is 611 g/mol. The van der Waals surface area contributed by atoms with Crippen LogP contribution in [0.25, 0.3) is 22.4 Å². The minimum atomic E-state index is -0.655. The average Bonchev–Trinajstić information content (AvgIpc) is 3.64. The van der Waals surface area contributed by atoms with Crippen LogP contribution in [-0.2, 0) is 25.3 Å². The number of carbonyl (C=O) groups is 1. The number of aromatic nitrogens is 3. The lowest BCUT2D eigenvalue weighted by atomic mass is 9.91. The summed E-state index contributed by atoms with van der Waals surface area (Å²) >= 11 is 0. The molecule has 1 saturated heterocycles. The molecule has 3 heterocycles. The van der Waals surface area contributed by atoms with Crippen molar-refractivity contribution in [1.29, 1.82) is 0 Å². The number of nitrogens with zero attached hydrogens (tertiary/aromatic N) is 3. The lowest BCUT2D eigenvalue weighted by Crippen LogP contribution is -2.40. The number of aryl methyl sites for hydroxylation is 2. The average molecular weight is 612 g/mol. The first-order valence-electron chi connectivity index (χ1n) is 15.0. The van der Waals surface area contributed by atoms with Gasteiger partial charge in [0.15, 0.2) is 0 Å². The van der Waals surface area contributed by atoms with Crippen molar-refractivity contribution in [3.63, 3.8) is 0 Å². The van der Waals surface area contributed by atoms with Crippen LogP contribution in [-0.4, -0.2) is 57.6 Å². The van der Waals surface area contributed by atoms with Gasteiger partial charge in [0.1, 0.15) is 5.56 Å². The van der Waals surface area contributed by atoms with Gasteiger partial charge in [-0.15, -0.1) is 0 Å². The maximum Gasteiger partial charge on any atom is 0.330 e. The van der Waals surface area contributed by atoms with E-state index in [1.165, 1.54) is 24.9 Å². The van der Waals surface area contributed by atoms with Gasteiger partial charge in [-0.2, -0.15) is 0 Å². The second kappa shape index (κ2) is 12.1. The highest BCUT2D eigenvalue weighted by Gasteiger charge is 2.34. The van der Waals surface area contributed by atoms with E-state index in [-0.39, 0.29) is 17.6 Å². The van der Waals surface area contributed by atoms with Gasteiger partial charge in [-0.25, -0.2) is 9.78 Å². The van der Waals surface area contributed by atoms with Crippen LogP contribution in [0.4, 0.5) is 5.69 Å². The van der Waals surface area contributed by atoms with Gasteiger partial charge in [-0.05, 0) is 66.6 Å². The molecule has 11 heteroatoms. The van der Waals surface area contributed by atoms with Crippen LogP contribution in [0.3, 0.4) is 0 Å². The largest absolute Gasteiger partial charge is 0.481 e. The van der Waals surface area contributed by atoms with Crippen LogP contribution in [0.5, 0.6) is 5.88 Å². The number of carbonyl (C=O) groups excluding carboxylic acids is 1. The van der Waals surface area contributed by atoms with Gasteiger partial charge in [0.2, 0.25) is 5.88 Å². The summed E-state index contributed by atoms with van der Waals surface area (Å²) in [6, 6.07) is 13.7. The van der Waals surface area contributed by atoms with Gasteiger partial charge in [0, 0.05) is 43.1 Å². The number of benzene rings is 2. The smallest absolute Gasteiger partial charge is 0.330 e. The van der Waals surface area contributed by atoms with E-state index in [0.29, 0.717) is 24.8 Å². The Balaban J connectivity index is 1.32. The van der Waals surface area contributed by atoms with Gasteiger partial charge < -0.3 is 29.8 Å². The number of rotatable bonds is 7. The number of aliphatic hydroxyl groups is 1. The zero-order chi connectivity index (χ0) is 32.0. The summed E-state index contributed by atoms with van der Waals surface area (Å²) in [4.78, 5) is 42.8. The van der Waals surface area contributed by atoms with Gasteiger partial charge in [-0.1, -0.05) is 30.3 Å². The predicted octanol–water partition coefficient (Wildman–Crippen LogP) is 3.03. The van der Waals surface area contributed by atoms with E-state index < -0.39 is 23.3 Å². The van der Waals surface area contributed by atoms with Crippen LogP contribution in [0.15, 0.2) is 58.3 Å². The van der Waals surface area contributed by atoms with Crippen molar-refractivity contribution in [2.45, 2.75) is 44.9 Å². The molecule has 1 amide bonds. The third-order valence-electron chi connectivity index (χ3n) is 8.99. The normalized spacial score (nSPS) is 19.0. The fourth-order valence-corrected chi connectivity index (χ4v) is 6.45. The maximum atomic E-state index is 13.2. The fourth-order valence-electron chi connectivity index (χ4n) is 6.45. The minimum Gasteiger partial charge on any atom is -0.481 e. The number of hydrogen-bond acceptors (Lipinski definition) is 8. The summed E-state index contributed by atoms with van der Waals surface area (Å²) in [5, 5.41) is 16.7. The van der Waals surface area contributed by atoms with Crippen LogP contribution < -0.4 is 26.6 Å². The van der Waals surface area contributed by atoms with Crippen molar-refractivity contribution in [2.24, 2.45) is 14.1 Å². The van der Waals surface area contributed by atoms with Crippen molar-refractivity contribution in [1.82, 2.24) is 19.4 Å². The Morgan fingerprint density at radius 1 is 1.04 bits per heavy atom. The lowest BCUT2D eigenvalue weighted by Gasteiger charge is -2.22. The molecule has 1 aliphatic heterocycles. The Bertz CT molecular complexity index is 1930. The minimum absolute atomic E-state index is 0.0202. The Morgan fingerprint density at radius 2 is 1.76 bits per heavy atom. The molecule has 234 valence electrons. The van der Waals surface area contributed by atoms with Gasteiger partial charge >= 0.3 is 5.69 Å². The SMILES string of the molecule is COc1nc(-c2cccc(-c3cccc(NC(=O)c4cn(C)c(=O)n(C)c4=O)c3C)c2C)cc2c1[C@@H](N[C@@H]1COC[C@@H]1O)CC2. The summed E-state index contributed by atoms with van der Waals surface area (Å²) in [6.45, 7) is 4.79. The predicted molar refractivity (Wildman–Crippen MR) is 171 cm³/mol. The molecule has 3 atom stereocenters. The van der Waals surface area contributed by atoms with Gasteiger partial charge in [0.25, 0.3) is 11.5 Å². The summed E-state index contributed by atoms with van der Waals surface area (Å²) in [6.07, 6.45) is 2.46. The number of fused-ring (bicyclic) bond motifs is 1. The molecule has 6 rings (SSSR count). The summed E-state index contributed by atoms with van der Waals surface area (Å²) in [5.74, 6) is -0.0183. The topological polar surface area (TPSA) is 137 Å². The lowest BCUT2D eigenvalue weighted by molar-refractivity contribution is 0.102. The third-order valence-corrected chi connectivity index (χ3v) is 8.99. The molecule has 45 heavy (non-hydrogen) atoms. The van der Waals surface area contributed by atoms with Crippen molar-refractivity contribution >= 4 is 11.6 Å².